The van der Waals surface area contributed by atoms with Gasteiger partial charge in [-0.25, -0.2) is 0 Å². The van der Waals surface area contributed by atoms with E-state index < -0.39 is 27.8 Å². The van der Waals surface area contributed by atoms with Crippen LogP contribution in [0.25, 0.3) is 0 Å². The van der Waals surface area contributed by atoms with E-state index in [2.05, 4.69) is 6.92 Å². The van der Waals surface area contributed by atoms with E-state index in [0.29, 0.717) is 13.0 Å². The van der Waals surface area contributed by atoms with E-state index >= 15 is 0 Å². The third-order valence-electron chi connectivity index (χ3n) is 2.35. The van der Waals surface area contributed by atoms with Crippen molar-refractivity contribution in [1.29, 1.82) is 0 Å². The van der Waals surface area contributed by atoms with Gasteiger partial charge in [-0.1, -0.05) is 32.6 Å². The summed E-state index contributed by atoms with van der Waals surface area (Å²) in [4.78, 5) is 36.5. The summed E-state index contributed by atoms with van der Waals surface area (Å²) in [5.41, 5.74) is 0. The smallest absolute Gasteiger partial charge is 0.339 e. The van der Waals surface area contributed by atoms with Crippen molar-refractivity contribution in [3.05, 3.63) is 0 Å². The van der Waals surface area contributed by atoms with Gasteiger partial charge >= 0.3 is 15.2 Å². The van der Waals surface area contributed by atoms with Crippen molar-refractivity contribution in [3.63, 3.8) is 0 Å². The van der Waals surface area contributed by atoms with Crippen LogP contribution in [0.1, 0.15) is 39.0 Å². The second-order valence-electron chi connectivity index (χ2n) is 4.42. The van der Waals surface area contributed by atoms with E-state index in [4.69, 9.17) is 19.6 Å². The average molecular weight is 354 g/mol. The minimum absolute atomic E-state index is 0. The maximum absolute atomic E-state index is 10.9. The summed E-state index contributed by atoms with van der Waals surface area (Å²) in [6.45, 7) is 2.37. The zero-order valence-electron chi connectivity index (χ0n) is 12.7. The van der Waals surface area contributed by atoms with Crippen molar-refractivity contribution in [3.8, 4) is 0 Å². The van der Waals surface area contributed by atoms with Gasteiger partial charge in [0.1, 0.15) is 12.6 Å². The minimum atomic E-state index is -4.29. The third kappa shape index (κ3) is 22.6. The van der Waals surface area contributed by atoms with Gasteiger partial charge in [-0.05, 0) is 13.0 Å². The Bertz CT molecular complexity index is 297. The summed E-state index contributed by atoms with van der Waals surface area (Å²) < 4.78 is 21.7. The fourth-order valence-corrected chi connectivity index (χ4v) is 3.33. The van der Waals surface area contributed by atoms with E-state index in [1.165, 1.54) is 0 Å². The second-order valence-corrected chi connectivity index (χ2v) is 7.65. The summed E-state index contributed by atoms with van der Waals surface area (Å²) in [6, 6.07) is 0. The molecular weight excluding hydrogens is 322 g/mol. The van der Waals surface area contributed by atoms with Gasteiger partial charge in [-0.2, -0.15) is 0 Å². The summed E-state index contributed by atoms with van der Waals surface area (Å²) in [7, 11) is -8.57. The molecule has 0 fully saturated rings. The van der Waals surface area contributed by atoms with E-state index in [1.54, 1.807) is 0 Å². The SMILES string of the molecule is CCCCCCCN(CP(=O)(O)O)CP(=O)(O)O.N.N.N. The molecule has 0 amide bonds. The van der Waals surface area contributed by atoms with E-state index in [9.17, 15) is 9.13 Å². The molecule has 0 aliphatic rings. The Kier molecular flexibility index (Phi) is 19.2. The first-order chi connectivity index (χ1) is 8.14. The topological polar surface area (TPSA) is 223 Å². The van der Waals surface area contributed by atoms with Crippen LogP contribution in [0.5, 0.6) is 0 Å². The van der Waals surface area contributed by atoms with Gasteiger partial charge in [0.25, 0.3) is 0 Å². The van der Waals surface area contributed by atoms with Gasteiger partial charge < -0.3 is 38.0 Å². The standard InChI is InChI=1S/C9H23NO6P2.3H3N/c1-2-3-4-5-6-7-10(8-17(11,12)13)9-18(14,15)16;;;/h2-9H2,1H3,(H2,11,12,13)(H2,14,15,16);3*1H3. The molecule has 0 atom stereocenters. The normalized spacial score (nSPS) is 11.3. The Morgan fingerprint density at radius 2 is 1.14 bits per heavy atom. The molecule has 0 radical (unpaired) electrons. The van der Waals surface area contributed by atoms with E-state index in [0.717, 1.165) is 30.6 Å². The van der Waals surface area contributed by atoms with Gasteiger partial charge in [0, 0.05) is 0 Å². The summed E-state index contributed by atoms with van der Waals surface area (Å²) in [5, 5.41) is 0. The predicted molar refractivity (Wildman–Crippen MR) is 84.4 cm³/mol. The van der Waals surface area contributed by atoms with Crippen LogP contribution in [-0.4, -0.2) is 43.6 Å². The highest BCUT2D eigenvalue weighted by Crippen LogP contribution is 2.40. The Morgan fingerprint density at radius 1 is 0.762 bits per heavy atom. The zero-order chi connectivity index (χ0) is 14.2. The van der Waals surface area contributed by atoms with E-state index in [1.807, 2.05) is 0 Å². The Balaban J connectivity index is -0.000000482. The molecule has 0 aliphatic heterocycles. The molecule has 13 N–H and O–H groups in total. The highest BCUT2D eigenvalue weighted by Gasteiger charge is 2.25. The molecule has 0 saturated carbocycles. The molecule has 0 heterocycles. The maximum Gasteiger partial charge on any atom is 0.339 e. The first kappa shape index (κ1) is 29.2. The van der Waals surface area contributed by atoms with Crippen LogP contribution in [-0.2, 0) is 9.13 Å². The van der Waals surface area contributed by atoms with Crippen molar-refractivity contribution in [1.82, 2.24) is 23.4 Å². The van der Waals surface area contributed by atoms with Crippen LogP contribution in [0.4, 0.5) is 0 Å². The number of rotatable bonds is 10. The molecule has 134 valence electrons. The highest BCUT2D eigenvalue weighted by molar-refractivity contribution is 7.52. The number of hydrogen-bond acceptors (Lipinski definition) is 6. The summed E-state index contributed by atoms with van der Waals surface area (Å²) in [5.74, 6) is 0. The molecule has 0 saturated heterocycles. The zero-order valence-corrected chi connectivity index (χ0v) is 14.5. The van der Waals surface area contributed by atoms with Crippen LogP contribution in [0, 0.1) is 0 Å². The average Bonchev–Trinajstić information content (AvgIpc) is 2.12. The Hall–Kier alpha value is 0.140. The van der Waals surface area contributed by atoms with Gasteiger partial charge in [0.2, 0.25) is 0 Å². The molecule has 0 aromatic heterocycles. The monoisotopic (exact) mass is 354 g/mol. The van der Waals surface area contributed by atoms with Crippen molar-refractivity contribution in [2.24, 2.45) is 0 Å². The van der Waals surface area contributed by atoms with Crippen molar-refractivity contribution >= 4 is 15.2 Å². The lowest BCUT2D eigenvalue weighted by Gasteiger charge is -2.22. The largest absolute Gasteiger partial charge is 0.344 e. The van der Waals surface area contributed by atoms with Gasteiger partial charge in [0.05, 0.1) is 0 Å². The quantitative estimate of drug-likeness (QED) is 0.223. The van der Waals surface area contributed by atoms with E-state index in [-0.39, 0.29) is 18.5 Å². The predicted octanol–water partition coefficient (Wildman–Crippen LogP) is 2.02. The van der Waals surface area contributed by atoms with Crippen LogP contribution in [0.3, 0.4) is 0 Å². The summed E-state index contributed by atoms with van der Waals surface area (Å²) >= 11 is 0. The first-order valence-corrected chi connectivity index (χ1v) is 9.55. The van der Waals surface area contributed by atoms with Crippen LogP contribution in [0.15, 0.2) is 0 Å². The van der Waals surface area contributed by atoms with Crippen LogP contribution >= 0.6 is 15.2 Å². The fraction of sp³-hybridized carbons (Fsp3) is 1.00. The van der Waals surface area contributed by atoms with Crippen LogP contribution in [0.2, 0.25) is 0 Å². The maximum atomic E-state index is 10.9. The molecule has 0 unspecified atom stereocenters. The first-order valence-electron chi connectivity index (χ1n) is 5.95. The number of unbranched alkanes of at least 4 members (excludes halogenated alkanes) is 4. The molecule has 12 heteroatoms. The van der Waals surface area contributed by atoms with Crippen molar-refractivity contribution in [2.75, 3.05) is 19.1 Å². The molecule has 0 aliphatic carbocycles. The number of nitrogens with zero attached hydrogens (tertiary/aromatic N) is 1. The van der Waals surface area contributed by atoms with Gasteiger partial charge in [-0.15, -0.1) is 0 Å². The van der Waals surface area contributed by atoms with Crippen molar-refractivity contribution in [2.45, 2.75) is 39.0 Å². The van der Waals surface area contributed by atoms with Crippen molar-refractivity contribution < 1.29 is 28.7 Å². The molecule has 21 heavy (non-hydrogen) atoms. The lowest BCUT2D eigenvalue weighted by atomic mass is 10.1. The fourth-order valence-electron chi connectivity index (χ4n) is 1.65. The Morgan fingerprint density at radius 3 is 1.48 bits per heavy atom. The molecule has 0 aromatic rings. The molecule has 10 nitrogen and oxygen atoms in total. The molecule has 0 rings (SSSR count). The number of hydrogen-bond donors (Lipinski definition) is 7. The van der Waals surface area contributed by atoms with Gasteiger partial charge in [-0.3, -0.25) is 14.0 Å². The third-order valence-corrected chi connectivity index (χ3v) is 3.88. The Labute approximate surface area is 126 Å². The lowest BCUT2D eigenvalue weighted by molar-refractivity contribution is 0.273. The molecular formula is C9H32N4O6P2. The van der Waals surface area contributed by atoms with Crippen LogP contribution < -0.4 is 18.5 Å². The van der Waals surface area contributed by atoms with Gasteiger partial charge in [0.15, 0.2) is 0 Å². The highest BCUT2D eigenvalue weighted by atomic mass is 31.2. The molecule has 0 aromatic carbocycles. The second kappa shape index (κ2) is 13.8. The minimum Gasteiger partial charge on any atom is -0.344 e. The molecule has 0 spiro atoms. The lowest BCUT2D eigenvalue weighted by Crippen LogP contribution is -2.27. The summed E-state index contributed by atoms with van der Waals surface area (Å²) in [6.07, 6.45) is 3.58. The molecule has 0 bridgehead atoms.